The van der Waals surface area contributed by atoms with Gasteiger partial charge in [-0.05, 0) is 51.2 Å². The number of fused-ring (bicyclic) bond motifs is 1. The van der Waals surface area contributed by atoms with Crippen molar-refractivity contribution in [1.82, 2.24) is 9.78 Å². The van der Waals surface area contributed by atoms with Gasteiger partial charge >= 0.3 is 5.97 Å². The molecule has 0 unspecified atom stereocenters. The molecule has 7 heteroatoms. The number of amides is 1. The zero-order valence-corrected chi connectivity index (χ0v) is 15.0. The molecule has 0 spiro atoms. The molecule has 0 aromatic carbocycles. The molecule has 2 aromatic heterocycles. The molecule has 0 radical (unpaired) electrons. The van der Waals surface area contributed by atoms with E-state index >= 15 is 0 Å². The smallest absolute Gasteiger partial charge is 0.348 e. The second-order valence-corrected chi connectivity index (χ2v) is 7.20. The quantitative estimate of drug-likeness (QED) is 0.863. The predicted octanol–water partition coefficient (Wildman–Crippen LogP) is 2.77. The second kappa shape index (κ2) is 6.76. The number of thiophene rings is 1. The Morgan fingerprint density at radius 3 is 2.75 bits per heavy atom. The molecule has 0 saturated carbocycles. The average molecular weight is 347 g/mol. The summed E-state index contributed by atoms with van der Waals surface area (Å²) in [5.41, 5.74) is 3.52. The number of aromatic nitrogens is 2. The van der Waals surface area contributed by atoms with Crippen molar-refractivity contribution in [3.8, 4) is 0 Å². The van der Waals surface area contributed by atoms with Crippen molar-refractivity contribution in [3.05, 3.63) is 32.8 Å². The van der Waals surface area contributed by atoms with Gasteiger partial charge in [-0.2, -0.15) is 5.10 Å². The number of anilines is 1. The van der Waals surface area contributed by atoms with E-state index in [1.54, 1.807) is 4.68 Å². The maximum absolute atomic E-state index is 12.1. The molecule has 1 aliphatic rings. The number of ether oxygens (including phenoxy) is 1. The average Bonchev–Trinajstić information content (AvgIpc) is 3.09. The highest BCUT2D eigenvalue weighted by Gasteiger charge is 2.19. The Labute approximate surface area is 144 Å². The molecule has 0 aliphatic heterocycles. The molecule has 2 heterocycles. The highest BCUT2D eigenvalue weighted by Crippen LogP contribution is 2.30. The number of hydrogen-bond donors (Lipinski definition) is 1. The van der Waals surface area contributed by atoms with E-state index in [4.69, 9.17) is 4.74 Å². The van der Waals surface area contributed by atoms with E-state index in [1.807, 2.05) is 27.0 Å². The minimum atomic E-state index is -0.427. The largest absolute Gasteiger partial charge is 0.451 e. The van der Waals surface area contributed by atoms with Gasteiger partial charge in [-0.1, -0.05) is 0 Å². The van der Waals surface area contributed by atoms with Crippen molar-refractivity contribution in [2.24, 2.45) is 7.05 Å². The highest BCUT2D eigenvalue weighted by molar-refractivity contribution is 7.14. The van der Waals surface area contributed by atoms with E-state index in [9.17, 15) is 9.59 Å². The van der Waals surface area contributed by atoms with Gasteiger partial charge in [0, 0.05) is 11.9 Å². The topological polar surface area (TPSA) is 73.2 Å². The number of esters is 1. The summed E-state index contributed by atoms with van der Waals surface area (Å²) >= 11 is 1.49. The standard InChI is InChI=1S/C17H21N3O3S/c1-10-16(11(2)20(3)19-10)18-15(21)9-23-17(22)14-8-12-6-4-5-7-13(12)24-14/h8H,4-7,9H2,1-3H3,(H,18,21). The number of aryl methyl sites for hydroxylation is 4. The zero-order valence-electron chi connectivity index (χ0n) is 14.1. The maximum atomic E-state index is 12.1. The van der Waals surface area contributed by atoms with Gasteiger partial charge in [0.25, 0.3) is 5.91 Å². The van der Waals surface area contributed by atoms with Gasteiger partial charge in [0.1, 0.15) is 4.88 Å². The second-order valence-electron chi connectivity index (χ2n) is 6.06. The summed E-state index contributed by atoms with van der Waals surface area (Å²) < 4.78 is 6.86. The van der Waals surface area contributed by atoms with Crippen LogP contribution in [0.15, 0.2) is 6.07 Å². The van der Waals surface area contributed by atoms with Gasteiger partial charge in [-0.3, -0.25) is 9.48 Å². The van der Waals surface area contributed by atoms with Crippen LogP contribution in [0.3, 0.4) is 0 Å². The molecule has 2 aromatic rings. The van der Waals surface area contributed by atoms with Crippen LogP contribution < -0.4 is 5.32 Å². The van der Waals surface area contributed by atoms with Gasteiger partial charge in [0.05, 0.1) is 17.1 Å². The van der Waals surface area contributed by atoms with E-state index < -0.39 is 5.97 Å². The lowest BCUT2D eigenvalue weighted by atomic mass is 9.99. The molecule has 1 aliphatic carbocycles. The fraction of sp³-hybridized carbons (Fsp3) is 0.471. The number of hydrogen-bond acceptors (Lipinski definition) is 5. The molecule has 1 amide bonds. The number of nitrogens with zero attached hydrogens (tertiary/aromatic N) is 2. The Morgan fingerprint density at radius 1 is 1.33 bits per heavy atom. The van der Waals surface area contributed by atoms with Gasteiger partial charge in [0.15, 0.2) is 6.61 Å². The Kier molecular flexibility index (Phi) is 4.71. The van der Waals surface area contributed by atoms with Crippen LogP contribution in [-0.2, 0) is 29.4 Å². The first-order chi connectivity index (χ1) is 11.5. The van der Waals surface area contributed by atoms with Crippen molar-refractivity contribution >= 4 is 28.9 Å². The summed E-state index contributed by atoms with van der Waals surface area (Å²) in [6, 6.07) is 1.91. The van der Waals surface area contributed by atoms with Gasteiger partial charge in [-0.15, -0.1) is 11.3 Å². The normalized spacial score (nSPS) is 13.5. The van der Waals surface area contributed by atoms with E-state index in [-0.39, 0.29) is 12.5 Å². The van der Waals surface area contributed by atoms with Crippen LogP contribution in [0.25, 0.3) is 0 Å². The van der Waals surface area contributed by atoms with Crippen LogP contribution in [0, 0.1) is 13.8 Å². The van der Waals surface area contributed by atoms with Crippen molar-refractivity contribution in [1.29, 1.82) is 0 Å². The Bertz CT molecular complexity index is 768. The van der Waals surface area contributed by atoms with E-state index in [2.05, 4.69) is 10.4 Å². The van der Waals surface area contributed by atoms with Crippen molar-refractivity contribution in [2.75, 3.05) is 11.9 Å². The highest BCUT2D eigenvalue weighted by atomic mass is 32.1. The third kappa shape index (κ3) is 3.36. The molecule has 0 bridgehead atoms. The lowest BCUT2D eigenvalue weighted by Crippen LogP contribution is -2.21. The summed E-state index contributed by atoms with van der Waals surface area (Å²) in [7, 11) is 1.82. The molecular formula is C17H21N3O3S. The fourth-order valence-corrected chi connectivity index (χ4v) is 4.07. The van der Waals surface area contributed by atoms with E-state index in [0.717, 1.165) is 24.2 Å². The SMILES string of the molecule is Cc1nn(C)c(C)c1NC(=O)COC(=O)c1cc2c(s1)CCCC2. The molecule has 24 heavy (non-hydrogen) atoms. The first-order valence-corrected chi connectivity index (χ1v) is 8.86. The Balaban J connectivity index is 1.58. The predicted molar refractivity (Wildman–Crippen MR) is 92.6 cm³/mol. The summed E-state index contributed by atoms with van der Waals surface area (Å²) in [5.74, 6) is -0.784. The molecule has 6 nitrogen and oxygen atoms in total. The number of carbonyl (C=O) groups excluding carboxylic acids is 2. The summed E-state index contributed by atoms with van der Waals surface area (Å²) in [4.78, 5) is 26.0. The Morgan fingerprint density at radius 2 is 2.08 bits per heavy atom. The van der Waals surface area contributed by atoms with E-state index in [1.165, 1.54) is 34.6 Å². The number of rotatable bonds is 4. The minimum absolute atomic E-state index is 0.296. The van der Waals surface area contributed by atoms with Crippen molar-refractivity contribution in [3.63, 3.8) is 0 Å². The van der Waals surface area contributed by atoms with Crippen LogP contribution in [0.1, 0.15) is 44.3 Å². The molecule has 0 fully saturated rings. The summed E-state index contributed by atoms with van der Waals surface area (Å²) in [5, 5.41) is 7.00. The third-order valence-corrected chi connectivity index (χ3v) is 5.52. The zero-order chi connectivity index (χ0) is 17.3. The first-order valence-electron chi connectivity index (χ1n) is 8.04. The monoisotopic (exact) mass is 347 g/mol. The lowest BCUT2D eigenvalue weighted by Gasteiger charge is -2.08. The fourth-order valence-electron chi connectivity index (χ4n) is 2.92. The van der Waals surface area contributed by atoms with Gasteiger partial charge < -0.3 is 10.1 Å². The molecule has 0 saturated heterocycles. The maximum Gasteiger partial charge on any atom is 0.348 e. The molecule has 3 rings (SSSR count). The van der Waals surface area contributed by atoms with Crippen LogP contribution in [0.2, 0.25) is 0 Å². The Hall–Kier alpha value is -2.15. The molecule has 1 N–H and O–H groups in total. The lowest BCUT2D eigenvalue weighted by molar-refractivity contribution is -0.119. The molecule has 128 valence electrons. The number of carbonyl (C=O) groups is 2. The van der Waals surface area contributed by atoms with Crippen LogP contribution in [0.5, 0.6) is 0 Å². The van der Waals surface area contributed by atoms with Gasteiger partial charge in [0.2, 0.25) is 0 Å². The third-order valence-electron chi connectivity index (χ3n) is 4.31. The summed E-state index contributed by atoms with van der Waals surface area (Å²) in [6.45, 7) is 3.40. The van der Waals surface area contributed by atoms with Crippen LogP contribution in [0.4, 0.5) is 5.69 Å². The van der Waals surface area contributed by atoms with Crippen molar-refractivity contribution < 1.29 is 14.3 Å². The van der Waals surface area contributed by atoms with Crippen LogP contribution >= 0.6 is 11.3 Å². The molecule has 0 atom stereocenters. The van der Waals surface area contributed by atoms with Gasteiger partial charge in [-0.25, -0.2) is 4.79 Å². The van der Waals surface area contributed by atoms with Crippen LogP contribution in [-0.4, -0.2) is 28.3 Å². The number of nitrogens with one attached hydrogen (secondary N) is 1. The molecular weight excluding hydrogens is 326 g/mol. The van der Waals surface area contributed by atoms with Crippen molar-refractivity contribution in [2.45, 2.75) is 39.5 Å². The minimum Gasteiger partial charge on any atom is -0.451 e. The van der Waals surface area contributed by atoms with E-state index in [0.29, 0.717) is 10.6 Å². The first kappa shape index (κ1) is 16.7. The summed E-state index contributed by atoms with van der Waals surface area (Å²) in [6.07, 6.45) is 4.41.